The minimum absolute atomic E-state index is 0.148. The van der Waals surface area contributed by atoms with E-state index in [0.29, 0.717) is 12.0 Å². The van der Waals surface area contributed by atoms with Gasteiger partial charge in [-0.3, -0.25) is 0 Å². The average molecular weight is 337 g/mol. The molecule has 0 atom stereocenters. The zero-order chi connectivity index (χ0) is 17.2. The van der Waals surface area contributed by atoms with Crippen molar-refractivity contribution < 1.29 is 5.11 Å². The van der Waals surface area contributed by atoms with Gasteiger partial charge in [-0.15, -0.1) is 5.10 Å². The summed E-state index contributed by atoms with van der Waals surface area (Å²) in [7, 11) is 0. The molecule has 3 aromatic rings. The Morgan fingerprint density at radius 1 is 1.04 bits per heavy atom. The fourth-order valence-electron chi connectivity index (χ4n) is 3.26. The maximum atomic E-state index is 9.66. The molecule has 2 heterocycles. The first-order chi connectivity index (χ1) is 12.2. The zero-order valence-corrected chi connectivity index (χ0v) is 14.3. The Hall–Kier alpha value is -2.60. The van der Waals surface area contributed by atoms with Gasteiger partial charge in [-0.1, -0.05) is 23.8 Å². The molecule has 6 nitrogen and oxygen atoms in total. The predicted molar refractivity (Wildman–Crippen MR) is 99.3 cm³/mol. The summed E-state index contributed by atoms with van der Waals surface area (Å²) in [5, 5.41) is 21.1. The number of hydrogen-bond donors (Lipinski definition) is 3. The molecule has 2 aromatic heterocycles. The minimum atomic E-state index is -0.148. The molecular formula is C19H23N5O. The van der Waals surface area contributed by atoms with E-state index in [2.05, 4.69) is 39.8 Å². The topological polar surface area (TPSA) is 74.5 Å². The predicted octanol–water partition coefficient (Wildman–Crippen LogP) is 3.50. The second-order valence-electron chi connectivity index (χ2n) is 6.76. The van der Waals surface area contributed by atoms with E-state index in [9.17, 15) is 5.11 Å². The van der Waals surface area contributed by atoms with Crippen LogP contribution in [0.15, 0.2) is 42.5 Å². The van der Waals surface area contributed by atoms with Gasteiger partial charge in [0.15, 0.2) is 5.65 Å². The van der Waals surface area contributed by atoms with E-state index in [1.165, 1.54) is 5.56 Å². The second kappa shape index (κ2) is 6.72. The first-order valence-electron chi connectivity index (χ1n) is 8.81. The summed E-state index contributed by atoms with van der Waals surface area (Å²) in [5.41, 5.74) is 2.99. The molecule has 0 unspecified atom stereocenters. The van der Waals surface area contributed by atoms with Crippen molar-refractivity contribution >= 4 is 23.1 Å². The Labute approximate surface area is 146 Å². The Morgan fingerprint density at radius 2 is 1.80 bits per heavy atom. The molecule has 6 heteroatoms. The van der Waals surface area contributed by atoms with Crippen LogP contribution in [0.5, 0.6) is 0 Å². The molecule has 4 rings (SSSR count). The number of anilines is 3. The van der Waals surface area contributed by atoms with E-state index in [-0.39, 0.29) is 6.10 Å². The normalized spacial score (nSPS) is 20.6. The van der Waals surface area contributed by atoms with Crippen LogP contribution in [0.1, 0.15) is 31.2 Å². The highest BCUT2D eigenvalue weighted by Crippen LogP contribution is 2.23. The van der Waals surface area contributed by atoms with Crippen molar-refractivity contribution in [1.82, 2.24) is 14.6 Å². The largest absolute Gasteiger partial charge is 0.393 e. The van der Waals surface area contributed by atoms with Crippen molar-refractivity contribution in [1.29, 1.82) is 0 Å². The Morgan fingerprint density at radius 3 is 2.56 bits per heavy atom. The summed E-state index contributed by atoms with van der Waals surface area (Å²) in [6.45, 7) is 2.06. The van der Waals surface area contributed by atoms with Crippen LogP contribution in [-0.2, 0) is 0 Å². The number of rotatable bonds is 4. The van der Waals surface area contributed by atoms with Crippen molar-refractivity contribution in [2.45, 2.75) is 44.8 Å². The lowest BCUT2D eigenvalue weighted by molar-refractivity contribution is 0.126. The molecule has 3 N–H and O–H groups in total. The molecule has 1 aliphatic rings. The molecule has 0 saturated heterocycles. The SMILES string of the molecule is Cc1ccc(Nc2nc3cccc(NC4CCC(O)CC4)n3n2)cc1. The minimum Gasteiger partial charge on any atom is -0.393 e. The Kier molecular flexibility index (Phi) is 4.28. The molecular weight excluding hydrogens is 314 g/mol. The van der Waals surface area contributed by atoms with Crippen LogP contribution in [0.25, 0.3) is 5.65 Å². The number of aliphatic hydroxyl groups excluding tert-OH is 1. The van der Waals surface area contributed by atoms with E-state index in [1.54, 1.807) is 0 Å². The fraction of sp³-hybridized carbons (Fsp3) is 0.368. The summed E-state index contributed by atoms with van der Waals surface area (Å²) >= 11 is 0. The van der Waals surface area contributed by atoms with Gasteiger partial charge in [-0.25, -0.2) is 0 Å². The molecule has 1 aromatic carbocycles. The molecule has 1 aliphatic carbocycles. The van der Waals surface area contributed by atoms with E-state index >= 15 is 0 Å². The molecule has 0 aliphatic heterocycles. The number of aryl methyl sites for hydroxylation is 1. The summed E-state index contributed by atoms with van der Waals surface area (Å²) in [5.74, 6) is 1.51. The summed E-state index contributed by atoms with van der Waals surface area (Å²) in [6.07, 6.45) is 3.50. The molecule has 0 spiro atoms. The molecule has 0 amide bonds. The van der Waals surface area contributed by atoms with Crippen LogP contribution >= 0.6 is 0 Å². The van der Waals surface area contributed by atoms with Gasteiger partial charge >= 0.3 is 0 Å². The van der Waals surface area contributed by atoms with Crippen LogP contribution in [0.3, 0.4) is 0 Å². The lowest BCUT2D eigenvalue weighted by Gasteiger charge is -2.26. The van der Waals surface area contributed by atoms with Gasteiger partial charge in [0, 0.05) is 11.7 Å². The molecule has 25 heavy (non-hydrogen) atoms. The maximum Gasteiger partial charge on any atom is 0.247 e. The summed E-state index contributed by atoms with van der Waals surface area (Å²) < 4.78 is 1.83. The van der Waals surface area contributed by atoms with Crippen molar-refractivity contribution in [3.63, 3.8) is 0 Å². The third-order valence-corrected chi connectivity index (χ3v) is 4.72. The number of aliphatic hydroxyl groups is 1. The van der Waals surface area contributed by atoms with Gasteiger partial charge in [0.1, 0.15) is 5.82 Å². The molecule has 130 valence electrons. The van der Waals surface area contributed by atoms with Gasteiger partial charge in [0.2, 0.25) is 5.95 Å². The summed E-state index contributed by atoms with van der Waals surface area (Å²) in [6, 6.07) is 14.5. The maximum absolute atomic E-state index is 9.66. The average Bonchev–Trinajstić information content (AvgIpc) is 3.02. The number of aromatic nitrogens is 3. The van der Waals surface area contributed by atoms with E-state index in [0.717, 1.165) is 42.8 Å². The number of benzene rings is 1. The van der Waals surface area contributed by atoms with Crippen LogP contribution in [-0.4, -0.2) is 31.9 Å². The summed E-state index contributed by atoms with van der Waals surface area (Å²) in [4.78, 5) is 4.56. The number of nitrogens with zero attached hydrogens (tertiary/aromatic N) is 3. The van der Waals surface area contributed by atoms with E-state index in [4.69, 9.17) is 0 Å². The van der Waals surface area contributed by atoms with Gasteiger partial charge < -0.3 is 15.7 Å². The van der Waals surface area contributed by atoms with Crippen LogP contribution in [0.2, 0.25) is 0 Å². The van der Waals surface area contributed by atoms with Crippen LogP contribution < -0.4 is 10.6 Å². The highest BCUT2D eigenvalue weighted by atomic mass is 16.3. The van der Waals surface area contributed by atoms with Crippen LogP contribution in [0, 0.1) is 6.92 Å². The van der Waals surface area contributed by atoms with Gasteiger partial charge in [0.05, 0.1) is 6.10 Å². The fourth-order valence-corrected chi connectivity index (χ4v) is 3.26. The quantitative estimate of drug-likeness (QED) is 0.679. The third kappa shape index (κ3) is 3.58. The van der Waals surface area contributed by atoms with Crippen molar-refractivity contribution in [2.24, 2.45) is 0 Å². The van der Waals surface area contributed by atoms with Gasteiger partial charge in [-0.05, 0) is 56.9 Å². The Bertz CT molecular complexity index is 850. The number of nitrogens with one attached hydrogen (secondary N) is 2. The lowest BCUT2D eigenvalue weighted by Crippen LogP contribution is -2.29. The highest BCUT2D eigenvalue weighted by Gasteiger charge is 2.20. The monoisotopic (exact) mass is 337 g/mol. The standard InChI is InChI=1S/C19H23N5O/c1-13-5-7-15(8-6-13)21-19-22-18-4-2-3-17(24(18)23-19)20-14-9-11-16(25)12-10-14/h2-8,14,16,20,25H,9-12H2,1H3,(H,21,23). The number of fused-ring (bicyclic) bond motifs is 1. The van der Waals surface area contributed by atoms with Crippen molar-refractivity contribution in [3.05, 3.63) is 48.0 Å². The van der Waals surface area contributed by atoms with Crippen molar-refractivity contribution in [2.75, 3.05) is 10.6 Å². The highest BCUT2D eigenvalue weighted by molar-refractivity contribution is 5.58. The molecule has 1 saturated carbocycles. The van der Waals surface area contributed by atoms with E-state index in [1.807, 2.05) is 34.8 Å². The molecule has 0 bridgehead atoms. The zero-order valence-electron chi connectivity index (χ0n) is 14.3. The first kappa shape index (κ1) is 15.9. The number of pyridine rings is 1. The first-order valence-corrected chi connectivity index (χ1v) is 8.81. The molecule has 0 radical (unpaired) electrons. The molecule has 1 fully saturated rings. The van der Waals surface area contributed by atoms with E-state index < -0.39 is 0 Å². The number of hydrogen-bond acceptors (Lipinski definition) is 5. The smallest absolute Gasteiger partial charge is 0.247 e. The van der Waals surface area contributed by atoms with Crippen molar-refractivity contribution in [3.8, 4) is 0 Å². The second-order valence-corrected chi connectivity index (χ2v) is 6.76. The van der Waals surface area contributed by atoms with Gasteiger partial charge in [-0.2, -0.15) is 9.50 Å². The van der Waals surface area contributed by atoms with Crippen LogP contribution in [0.4, 0.5) is 17.5 Å². The van der Waals surface area contributed by atoms with Gasteiger partial charge in [0.25, 0.3) is 0 Å². The lowest BCUT2D eigenvalue weighted by atomic mass is 9.93. The third-order valence-electron chi connectivity index (χ3n) is 4.72. The Balaban J connectivity index is 1.54.